The van der Waals surface area contributed by atoms with Crippen molar-refractivity contribution in [1.29, 1.82) is 0 Å². The van der Waals surface area contributed by atoms with Gasteiger partial charge in [-0.2, -0.15) is 0 Å². The van der Waals surface area contributed by atoms with Crippen molar-refractivity contribution in [3.05, 3.63) is 17.5 Å². The Hall–Kier alpha value is -1.16. The zero-order valence-electron chi connectivity index (χ0n) is 11.7. The number of aryl methyl sites for hydroxylation is 1. The van der Waals surface area contributed by atoms with E-state index in [1.54, 1.807) is 0 Å². The first kappa shape index (κ1) is 13.3. The highest BCUT2D eigenvalue weighted by Crippen LogP contribution is 2.21. The molecule has 100 valence electrons. The lowest BCUT2D eigenvalue weighted by Gasteiger charge is -2.15. The monoisotopic (exact) mass is 249 g/mol. The van der Waals surface area contributed by atoms with Gasteiger partial charge in [0.2, 0.25) is 5.95 Å². The van der Waals surface area contributed by atoms with Gasteiger partial charge in [-0.3, -0.25) is 0 Å². The number of rotatable bonds is 4. The number of anilines is 1. The first-order valence-corrected chi connectivity index (χ1v) is 6.77. The molecule has 18 heavy (non-hydrogen) atoms. The lowest BCUT2D eigenvalue weighted by Crippen LogP contribution is -2.22. The second-order valence-corrected chi connectivity index (χ2v) is 5.42. The van der Waals surface area contributed by atoms with Gasteiger partial charge < -0.3 is 10.1 Å². The molecular formula is C14H23N3O. The summed E-state index contributed by atoms with van der Waals surface area (Å²) < 4.78 is 5.56. The van der Waals surface area contributed by atoms with Gasteiger partial charge in [0.15, 0.2) is 0 Å². The predicted molar refractivity (Wildman–Crippen MR) is 72.9 cm³/mol. The maximum Gasteiger partial charge on any atom is 0.223 e. The van der Waals surface area contributed by atoms with Crippen LogP contribution in [-0.4, -0.2) is 29.2 Å². The van der Waals surface area contributed by atoms with Gasteiger partial charge >= 0.3 is 0 Å². The molecule has 2 unspecified atom stereocenters. The Labute approximate surface area is 109 Å². The van der Waals surface area contributed by atoms with Crippen molar-refractivity contribution >= 4 is 5.95 Å². The zero-order valence-corrected chi connectivity index (χ0v) is 11.7. The maximum atomic E-state index is 5.56. The molecule has 0 bridgehead atoms. The summed E-state index contributed by atoms with van der Waals surface area (Å²) in [6.45, 7) is 10.2. The van der Waals surface area contributed by atoms with Crippen LogP contribution in [0.2, 0.25) is 0 Å². The number of hydrogen-bond donors (Lipinski definition) is 1. The standard InChI is InChI=1S/C14H23N3O/c1-9(2)13-7-10(3)16-14(17-13)15-8-12-5-6-18-11(12)4/h7,9,11-12H,5-6,8H2,1-4H3,(H,15,16,17). The molecule has 0 radical (unpaired) electrons. The largest absolute Gasteiger partial charge is 0.378 e. The second kappa shape index (κ2) is 5.65. The maximum absolute atomic E-state index is 5.56. The number of ether oxygens (including phenoxy) is 1. The Kier molecular flexibility index (Phi) is 4.17. The summed E-state index contributed by atoms with van der Waals surface area (Å²) in [4.78, 5) is 9.00. The van der Waals surface area contributed by atoms with Crippen molar-refractivity contribution in [2.24, 2.45) is 5.92 Å². The minimum Gasteiger partial charge on any atom is -0.378 e. The second-order valence-electron chi connectivity index (χ2n) is 5.42. The highest BCUT2D eigenvalue weighted by molar-refractivity contribution is 5.29. The fourth-order valence-electron chi connectivity index (χ4n) is 2.23. The Morgan fingerprint density at radius 1 is 1.44 bits per heavy atom. The summed E-state index contributed by atoms with van der Waals surface area (Å²) in [6, 6.07) is 2.05. The molecule has 4 heteroatoms. The van der Waals surface area contributed by atoms with Crippen LogP contribution >= 0.6 is 0 Å². The van der Waals surface area contributed by atoms with Crippen LogP contribution in [0.5, 0.6) is 0 Å². The van der Waals surface area contributed by atoms with Crippen LogP contribution in [0.15, 0.2) is 6.07 Å². The topological polar surface area (TPSA) is 47.0 Å². The predicted octanol–water partition coefficient (Wildman–Crippen LogP) is 2.75. The molecule has 2 atom stereocenters. The number of hydrogen-bond acceptors (Lipinski definition) is 4. The fourth-order valence-corrected chi connectivity index (χ4v) is 2.23. The molecule has 1 fully saturated rings. The zero-order chi connectivity index (χ0) is 13.1. The molecule has 4 nitrogen and oxygen atoms in total. The third-order valence-corrected chi connectivity index (χ3v) is 3.52. The summed E-state index contributed by atoms with van der Waals surface area (Å²) in [5, 5.41) is 3.35. The molecule has 0 aliphatic carbocycles. The molecule has 1 saturated heterocycles. The summed E-state index contributed by atoms with van der Waals surface area (Å²) >= 11 is 0. The van der Waals surface area contributed by atoms with Crippen LogP contribution < -0.4 is 5.32 Å². The lowest BCUT2D eigenvalue weighted by atomic mass is 10.0. The summed E-state index contributed by atoms with van der Waals surface area (Å²) in [5.74, 6) is 1.75. The number of nitrogens with zero attached hydrogens (tertiary/aromatic N) is 2. The molecule has 1 aromatic rings. The van der Waals surface area contributed by atoms with Crippen molar-refractivity contribution in [1.82, 2.24) is 9.97 Å². The highest BCUT2D eigenvalue weighted by Gasteiger charge is 2.24. The van der Waals surface area contributed by atoms with Gasteiger partial charge in [-0.15, -0.1) is 0 Å². The van der Waals surface area contributed by atoms with E-state index in [0.717, 1.165) is 36.9 Å². The molecule has 2 heterocycles. The average molecular weight is 249 g/mol. The third-order valence-electron chi connectivity index (χ3n) is 3.52. The fraction of sp³-hybridized carbons (Fsp3) is 0.714. The molecule has 1 aliphatic rings. The average Bonchev–Trinajstić information content (AvgIpc) is 2.71. The molecular weight excluding hydrogens is 226 g/mol. The third kappa shape index (κ3) is 3.19. The van der Waals surface area contributed by atoms with Crippen LogP contribution in [0.25, 0.3) is 0 Å². The van der Waals surface area contributed by atoms with E-state index in [1.807, 2.05) is 6.92 Å². The van der Waals surface area contributed by atoms with Gasteiger partial charge in [0.05, 0.1) is 6.10 Å². The van der Waals surface area contributed by atoms with Crippen molar-refractivity contribution in [3.8, 4) is 0 Å². The van der Waals surface area contributed by atoms with Crippen LogP contribution in [0.1, 0.15) is 44.5 Å². The molecule has 0 saturated carbocycles. The summed E-state index contributed by atoms with van der Waals surface area (Å²) in [6.07, 6.45) is 1.46. The van der Waals surface area contributed by atoms with E-state index in [1.165, 1.54) is 0 Å². The molecule has 0 aromatic carbocycles. The summed E-state index contributed by atoms with van der Waals surface area (Å²) in [7, 11) is 0. The normalized spacial score (nSPS) is 23.6. The van der Waals surface area contributed by atoms with Gasteiger partial charge in [-0.1, -0.05) is 13.8 Å². The van der Waals surface area contributed by atoms with E-state index in [0.29, 0.717) is 17.9 Å². The smallest absolute Gasteiger partial charge is 0.223 e. The van der Waals surface area contributed by atoms with Gasteiger partial charge in [-0.25, -0.2) is 9.97 Å². The summed E-state index contributed by atoms with van der Waals surface area (Å²) in [5.41, 5.74) is 2.12. The van der Waals surface area contributed by atoms with Gasteiger partial charge in [-0.05, 0) is 32.3 Å². The van der Waals surface area contributed by atoms with E-state index in [-0.39, 0.29) is 0 Å². The van der Waals surface area contributed by atoms with E-state index >= 15 is 0 Å². The molecule has 1 aromatic heterocycles. The van der Waals surface area contributed by atoms with Crippen molar-refractivity contribution in [2.75, 3.05) is 18.5 Å². The van der Waals surface area contributed by atoms with Gasteiger partial charge in [0.1, 0.15) is 0 Å². The molecule has 1 aliphatic heterocycles. The molecule has 0 amide bonds. The first-order valence-electron chi connectivity index (χ1n) is 6.77. The molecule has 0 spiro atoms. The van der Waals surface area contributed by atoms with Crippen molar-refractivity contribution in [3.63, 3.8) is 0 Å². The van der Waals surface area contributed by atoms with Crippen LogP contribution in [0.4, 0.5) is 5.95 Å². The minimum absolute atomic E-state index is 0.340. The first-order chi connectivity index (χ1) is 8.56. The Balaban J connectivity index is 2.00. The van der Waals surface area contributed by atoms with Crippen molar-refractivity contribution < 1.29 is 4.74 Å². The Morgan fingerprint density at radius 3 is 2.83 bits per heavy atom. The highest BCUT2D eigenvalue weighted by atomic mass is 16.5. The van der Waals surface area contributed by atoms with E-state index < -0.39 is 0 Å². The molecule has 1 N–H and O–H groups in total. The number of aromatic nitrogens is 2. The van der Waals surface area contributed by atoms with Gasteiger partial charge in [0.25, 0.3) is 0 Å². The van der Waals surface area contributed by atoms with E-state index in [2.05, 4.69) is 42.1 Å². The van der Waals surface area contributed by atoms with E-state index in [4.69, 9.17) is 4.74 Å². The Morgan fingerprint density at radius 2 is 2.22 bits per heavy atom. The molecule has 2 rings (SSSR count). The van der Waals surface area contributed by atoms with Crippen LogP contribution in [0.3, 0.4) is 0 Å². The van der Waals surface area contributed by atoms with Crippen molar-refractivity contribution in [2.45, 2.75) is 46.1 Å². The van der Waals surface area contributed by atoms with Crippen LogP contribution in [-0.2, 0) is 4.74 Å². The minimum atomic E-state index is 0.340. The number of nitrogens with one attached hydrogen (secondary N) is 1. The lowest BCUT2D eigenvalue weighted by molar-refractivity contribution is 0.108. The SMILES string of the molecule is Cc1cc(C(C)C)nc(NCC2CCOC2C)n1. The van der Waals surface area contributed by atoms with Gasteiger partial charge in [0, 0.05) is 30.5 Å². The Bertz CT molecular complexity index is 406. The van der Waals surface area contributed by atoms with E-state index in [9.17, 15) is 0 Å². The quantitative estimate of drug-likeness (QED) is 0.891. The van der Waals surface area contributed by atoms with Crippen LogP contribution in [0, 0.1) is 12.8 Å².